The molecule has 0 aliphatic heterocycles. The van der Waals surface area contributed by atoms with Gasteiger partial charge >= 0.3 is 0 Å². The summed E-state index contributed by atoms with van der Waals surface area (Å²) in [4.78, 5) is 0. The smallest absolute Gasteiger partial charge is 0.196 e. The van der Waals surface area contributed by atoms with Crippen LogP contribution in [0.15, 0.2) is 12.1 Å². The number of aryl methyl sites for hydroxylation is 2. The van der Waals surface area contributed by atoms with Crippen molar-refractivity contribution < 1.29 is 0 Å². The molecule has 0 aliphatic carbocycles. The van der Waals surface area contributed by atoms with Gasteiger partial charge in [-0.05, 0) is 32.9 Å². The number of nitrogens with one attached hydrogen (secondary N) is 1. The third-order valence-corrected chi connectivity index (χ3v) is 2.45. The van der Waals surface area contributed by atoms with Crippen molar-refractivity contribution in [1.29, 1.82) is 0 Å². The van der Waals surface area contributed by atoms with Gasteiger partial charge in [-0.3, -0.25) is 0 Å². The van der Waals surface area contributed by atoms with Crippen molar-refractivity contribution in [3.8, 4) is 0 Å². The minimum Gasteiger partial charge on any atom is -0.339 e. The van der Waals surface area contributed by atoms with Gasteiger partial charge in [-0.2, -0.15) is 5.21 Å². The van der Waals surface area contributed by atoms with Crippen molar-refractivity contribution in [3.05, 3.63) is 29.3 Å². The first-order valence-corrected chi connectivity index (χ1v) is 4.58. The lowest BCUT2D eigenvalue weighted by atomic mass is 10.3. The Bertz CT molecular complexity index is 395. The molecule has 1 atom stereocenters. The fourth-order valence-corrected chi connectivity index (χ4v) is 1.75. The molecule has 0 radical (unpaired) electrons. The predicted octanol–water partition coefficient (Wildman–Crippen LogP) is 1.23. The molecule has 1 N–H and O–H groups in total. The van der Waals surface area contributed by atoms with E-state index in [0.29, 0.717) is 5.82 Å². The van der Waals surface area contributed by atoms with Crippen LogP contribution in [0.3, 0.4) is 0 Å². The molecule has 2 aromatic heterocycles. The summed E-state index contributed by atoms with van der Waals surface area (Å²) in [6, 6.07) is 4.31. The van der Waals surface area contributed by atoms with Crippen molar-refractivity contribution in [2.75, 3.05) is 0 Å². The maximum Gasteiger partial charge on any atom is 0.196 e. The number of H-pyrrole nitrogens is 1. The van der Waals surface area contributed by atoms with Crippen molar-refractivity contribution in [2.24, 2.45) is 0 Å². The minimum absolute atomic E-state index is 0.128. The molecule has 2 rings (SSSR count). The Morgan fingerprint density at radius 1 is 1.29 bits per heavy atom. The van der Waals surface area contributed by atoms with E-state index >= 15 is 0 Å². The van der Waals surface area contributed by atoms with Crippen LogP contribution in [0.2, 0.25) is 0 Å². The lowest BCUT2D eigenvalue weighted by Gasteiger charge is -2.14. The summed E-state index contributed by atoms with van der Waals surface area (Å²) < 4.78 is 2.19. The molecule has 0 aromatic carbocycles. The molecular weight excluding hydrogens is 178 g/mol. The van der Waals surface area contributed by atoms with E-state index in [1.54, 1.807) is 0 Å². The molecule has 0 bridgehead atoms. The van der Waals surface area contributed by atoms with Gasteiger partial charge in [0.05, 0.1) is 6.04 Å². The molecule has 74 valence electrons. The highest BCUT2D eigenvalue weighted by Gasteiger charge is 2.14. The van der Waals surface area contributed by atoms with E-state index < -0.39 is 0 Å². The number of tetrazole rings is 1. The summed E-state index contributed by atoms with van der Waals surface area (Å²) in [6.45, 7) is 6.21. The summed E-state index contributed by atoms with van der Waals surface area (Å²) in [5, 5.41) is 14.0. The number of hydrogen-bond donors (Lipinski definition) is 1. The highest BCUT2D eigenvalue weighted by molar-refractivity contribution is 5.16. The first-order chi connectivity index (χ1) is 6.70. The molecule has 14 heavy (non-hydrogen) atoms. The van der Waals surface area contributed by atoms with E-state index in [-0.39, 0.29) is 6.04 Å². The SMILES string of the molecule is Cc1ccc(C)n1C(C)c1nn[nH]n1. The molecule has 5 heteroatoms. The van der Waals surface area contributed by atoms with Gasteiger partial charge in [-0.25, -0.2) is 0 Å². The number of nitrogens with zero attached hydrogens (tertiary/aromatic N) is 4. The zero-order valence-corrected chi connectivity index (χ0v) is 8.52. The third kappa shape index (κ3) is 1.30. The van der Waals surface area contributed by atoms with Gasteiger partial charge in [-0.1, -0.05) is 5.21 Å². The Hall–Kier alpha value is -1.65. The largest absolute Gasteiger partial charge is 0.339 e. The highest BCUT2D eigenvalue weighted by Crippen LogP contribution is 2.18. The topological polar surface area (TPSA) is 59.4 Å². The van der Waals surface area contributed by atoms with Crippen LogP contribution in [0.4, 0.5) is 0 Å². The molecule has 0 aliphatic rings. The molecule has 0 saturated heterocycles. The second kappa shape index (κ2) is 3.25. The fraction of sp³-hybridized carbons (Fsp3) is 0.444. The quantitative estimate of drug-likeness (QED) is 0.776. The van der Waals surface area contributed by atoms with Gasteiger partial charge < -0.3 is 4.57 Å². The summed E-state index contributed by atoms with van der Waals surface area (Å²) in [6.07, 6.45) is 0. The standard InChI is InChI=1S/C9H13N5/c1-6-4-5-7(2)14(6)8(3)9-10-12-13-11-9/h4-5,8H,1-3H3,(H,10,11,12,13). The van der Waals surface area contributed by atoms with Crippen LogP contribution in [0, 0.1) is 13.8 Å². The van der Waals surface area contributed by atoms with Gasteiger partial charge in [0.2, 0.25) is 0 Å². The molecule has 2 aromatic rings. The van der Waals surface area contributed by atoms with Crippen LogP contribution in [-0.4, -0.2) is 25.2 Å². The molecule has 2 heterocycles. The summed E-state index contributed by atoms with van der Waals surface area (Å²) in [5.41, 5.74) is 2.42. The molecule has 0 amide bonds. The van der Waals surface area contributed by atoms with Crippen LogP contribution in [0.5, 0.6) is 0 Å². The normalized spacial score (nSPS) is 13.1. The highest BCUT2D eigenvalue weighted by atomic mass is 15.5. The lowest BCUT2D eigenvalue weighted by Crippen LogP contribution is -2.11. The van der Waals surface area contributed by atoms with Crippen LogP contribution < -0.4 is 0 Å². The van der Waals surface area contributed by atoms with Crippen LogP contribution in [0.1, 0.15) is 30.2 Å². The molecule has 1 unspecified atom stereocenters. The summed E-state index contributed by atoms with van der Waals surface area (Å²) in [7, 11) is 0. The van der Waals surface area contributed by atoms with E-state index in [1.165, 1.54) is 11.4 Å². The maximum atomic E-state index is 3.99. The Morgan fingerprint density at radius 2 is 1.93 bits per heavy atom. The molecule has 0 spiro atoms. The summed E-state index contributed by atoms with van der Waals surface area (Å²) in [5.74, 6) is 0.715. The fourth-order valence-electron chi connectivity index (χ4n) is 1.75. The Balaban J connectivity index is 2.41. The Kier molecular flexibility index (Phi) is 2.07. The van der Waals surface area contributed by atoms with Gasteiger partial charge in [0, 0.05) is 11.4 Å². The van der Waals surface area contributed by atoms with Crippen LogP contribution >= 0.6 is 0 Å². The van der Waals surface area contributed by atoms with Crippen molar-refractivity contribution in [3.63, 3.8) is 0 Å². The Labute approximate surface area is 82.1 Å². The maximum absolute atomic E-state index is 3.99. The Morgan fingerprint density at radius 3 is 2.43 bits per heavy atom. The number of aromatic nitrogens is 5. The predicted molar refractivity (Wildman–Crippen MR) is 51.9 cm³/mol. The van der Waals surface area contributed by atoms with Gasteiger partial charge in [0.15, 0.2) is 5.82 Å². The average Bonchev–Trinajstić information content (AvgIpc) is 2.75. The van der Waals surface area contributed by atoms with E-state index in [9.17, 15) is 0 Å². The number of hydrogen-bond acceptors (Lipinski definition) is 3. The molecular formula is C9H13N5. The number of aromatic amines is 1. The molecule has 5 nitrogen and oxygen atoms in total. The minimum atomic E-state index is 0.128. The van der Waals surface area contributed by atoms with Crippen molar-refractivity contribution >= 4 is 0 Å². The average molecular weight is 191 g/mol. The van der Waals surface area contributed by atoms with Crippen LogP contribution in [-0.2, 0) is 0 Å². The molecule has 0 fully saturated rings. The van der Waals surface area contributed by atoms with Crippen molar-refractivity contribution in [2.45, 2.75) is 26.8 Å². The first kappa shape index (κ1) is 8.93. The van der Waals surface area contributed by atoms with Crippen molar-refractivity contribution in [1.82, 2.24) is 25.2 Å². The zero-order valence-electron chi connectivity index (χ0n) is 8.52. The van der Waals surface area contributed by atoms with E-state index in [0.717, 1.165) is 0 Å². The van der Waals surface area contributed by atoms with Gasteiger partial charge in [-0.15, -0.1) is 10.2 Å². The second-order valence-electron chi connectivity index (χ2n) is 3.43. The van der Waals surface area contributed by atoms with Crippen LogP contribution in [0.25, 0.3) is 0 Å². The van der Waals surface area contributed by atoms with Gasteiger partial charge in [0.25, 0.3) is 0 Å². The lowest BCUT2D eigenvalue weighted by molar-refractivity contribution is 0.576. The third-order valence-electron chi connectivity index (χ3n) is 2.45. The zero-order chi connectivity index (χ0) is 10.1. The van der Waals surface area contributed by atoms with E-state index in [2.05, 4.69) is 58.1 Å². The number of rotatable bonds is 2. The first-order valence-electron chi connectivity index (χ1n) is 4.58. The van der Waals surface area contributed by atoms with E-state index in [1.807, 2.05) is 0 Å². The van der Waals surface area contributed by atoms with Gasteiger partial charge in [0.1, 0.15) is 0 Å². The monoisotopic (exact) mass is 191 g/mol. The molecule has 0 saturated carbocycles. The second-order valence-corrected chi connectivity index (χ2v) is 3.43. The summed E-state index contributed by atoms with van der Waals surface area (Å²) >= 11 is 0. The van der Waals surface area contributed by atoms with E-state index in [4.69, 9.17) is 0 Å².